The summed E-state index contributed by atoms with van der Waals surface area (Å²) in [5.74, 6) is 0. The van der Waals surface area contributed by atoms with Crippen molar-refractivity contribution < 1.29 is 26.7 Å². The molecule has 1 aliphatic rings. The van der Waals surface area contributed by atoms with Crippen LogP contribution in [-0.2, 0) is 26.7 Å². The van der Waals surface area contributed by atoms with Crippen molar-refractivity contribution in [3.05, 3.63) is 0 Å². The fourth-order valence-electron chi connectivity index (χ4n) is 3.30. The third kappa shape index (κ3) is 12.0. The second-order valence-corrected chi connectivity index (χ2v) is 23.0. The number of rotatable bonds is 15. The highest BCUT2D eigenvalue weighted by Crippen LogP contribution is 2.25. The minimum absolute atomic E-state index is 0.806. The molecule has 0 radical (unpaired) electrons. The molecular formula is C18H45B3O6Si3. The van der Waals surface area contributed by atoms with Crippen LogP contribution in [0.1, 0.15) is 59.3 Å². The van der Waals surface area contributed by atoms with E-state index in [1.54, 1.807) is 0 Å². The van der Waals surface area contributed by atoms with Crippen molar-refractivity contribution in [2.45, 2.75) is 117 Å². The van der Waals surface area contributed by atoms with Crippen molar-refractivity contribution in [1.82, 2.24) is 0 Å². The Bertz CT molecular complexity index is 416. The molecule has 30 heavy (non-hydrogen) atoms. The van der Waals surface area contributed by atoms with Crippen molar-refractivity contribution in [2.75, 3.05) is 0 Å². The van der Waals surface area contributed by atoms with Gasteiger partial charge in [-0.25, -0.2) is 0 Å². The second kappa shape index (κ2) is 13.3. The molecule has 0 aromatic rings. The Hall–Kier alpha value is 0.605. The molecule has 12 heteroatoms. The van der Waals surface area contributed by atoms with Gasteiger partial charge in [0.2, 0.25) is 0 Å². The summed E-state index contributed by atoms with van der Waals surface area (Å²) >= 11 is 0. The van der Waals surface area contributed by atoms with Gasteiger partial charge in [0.1, 0.15) is 0 Å². The normalized spacial score (nSPS) is 16.5. The lowest BCUT2D eigenvalue weighted by atomic mass is 9.98. The van der Waals surface area contributed by atoms with E-state index in [2.05, 4.69) is 60.1 Å². The Balaban J connectivity index is 2.84. The van der Waals surface area contributed by atoms with Gasteiger partial charge in [-0.3, -0.25) is 0 Å². The van der Waals surface area contributed by atoms with Gasteiger partial charge in [0.15, 0.2) is 25.0 Å². The highest BCUT2D eigenvalue weighted by molar-refractivity contribution is 6.84. The molecule has 0 aromatic heterocycles. The second-order valence-electron chi connectivity index (χ2n) is 10.2. The van der Waals surface area contributed by atoms with Crippen molar-refractivity contribution in [2.24, 2.45) is 0 Å². The Morgan fingerprint density at radius 1 is 0.500 bits per heavy atom. The van der Waals surface area contributed by atoms with E-state index in [9.17, 15) is 0 Å². The smallest absolute Gasteiger partial charge is 0.430 e. The van der Waals surface area contributed by atoms with Crippen molar-refractivity contribution in [3.8, 4) is 0 Å². The van der Waals surface area contributed by atoms with Crippen LogP contribution in [0.5, 0.6) is 0 Å². The van der Waals surface area contributed by atoms with E-state index in [0.717, 1.165) is 56.7 Å². The van der Waals surface area contributed by atoms with Crippen LogP contribution in [0, 0.1) is 0 Å². The van der Waals surface area contributed by atoms with Gasteiger partial charge in [-0.05, 0) is 57.4 Å². The average molecular weight is 474 g/mol. The van der Waals surface area contributed by atoms with Gasteiger partial charge in [-0.1, -0.05) is 59.3 Å². The van der Waals surface area contributed by atoms with E-state index in [-0.39, 0.29) is 0 Å². The summed E-state index contributed by atoms with van der Waals surface area (Å²) < 4.78 is 36.8. The number of hydrogen-bond acceptors (Lipinski definition) is 6. The van der Waals surface area contributed by atoms with Gasteiger partial charge in [0, 0.05) is 0 Å². The summed E-state index contributed by atoms with van der Waals surface area (Å²) in [4.78, 5) is 0. The molecule has 0 aromatic carbocycles. The molecule has 1 aliphatic heterocycles. The highest BCUT2D eigenvalue weighted by Gasteiger charge is 2.51. The molecule has 0 atom stereocenters. The Labute approximate surface area is 190 Å². The topological polar surface area (TPSA) is 55.4 Å². The first kappa shape index (κ1) is 28.6. The van der Waals surface area contributed by atoms with Gasteiger partial charge < -0.3 is 26.7 Å². The van der Waals surface area contributed by atoms with Crippen LogP contribution >= 0.6 is 0 Å². The van der Waals surface area contributed by atoms with Crippen LogP contribution in [0.25, 0.3) is 0 Å². The lowest BCUT2D eigenvalue weighted by Gasteiger charge is -2.37. The van der Waals surface area contributed by atoms with Gasteiger partial charge >= 0.3 is 22.0 Å². The van der Waals surface area contributed by atoms with Crippen LogP contribution in [0.4, 0.5) is 0 Å². The predicted molar refractivity (Wildman–Crippen MR) is 135 cm³/mol. The van der Waals surface area contributed by atoms with Crippen LogP contribution in [0.3, 0.4) is 0 Å². The maximum absolute atomic E-state index is 6.32. The molecule has 0 spiro atoms. The zero-order chi connectivity index (χ0) is 22.8. The molecule has 0 unspecified atom stereocenters. The molecule has 0 N–H and O–H groups in total. The minimum atomic E-state index is -1.92. The van der Waals surface area contributed by atoms with Gasteiger partial charge in [0.25, 0.3) is 0 Å². The first-order valence-corrected chi connectivity index (χ1v) is 21.3. The maximum atomic E-state index is 6.32. The van der Waals surface area contributed by atoms with E-state index in [1.165, 1.54) is 0 Å². The first-order valence-electron chi connectivity index (χ1n) is 11.9. The van der Waals surface area contributed by atoms with Gasteiger partial charge in [-0.15, -0.1) is 0 Å². The van der Waals surface area contributed by atoms with Crippen LogP contribution < -0.4 is 0 Å². The zero-order valence-electron chi connectivity index (χ0n) is 21.0. The molecule has 174 valence electrons. The molecule has 1 rings (SSSR count). The van der Waals surface area contributed by atoms with Crippen LogP contribution in [0.15, 0.2) is 0 Å². The first-order chi connectivity index (χ1) is 13.9. The van der Waals surface area contributed by atoms with E-state index in [4.69, 9.17) is 26.7 Å². The summed E-state index contributed by atoms with van der Waals surface area (Å²) in [5, 5.41) is 0. The molecule has 1 saturated heterocycles. The third-order valence-corrected chi connectivity index (χ3v) is 12.5. The quantitative estimate of drug-likeness (QED) is 0.269. The molecular weight excluding hydrogens is 429 g/mol. The predicted octanol–water partition coefficient (Wildman–Crippen LogP) is 6.07. The molecule has 0 aliphatic carbocycles. The van der Waals surface area contributed by atoms with Crippen LogP contribution in [-0.4, -0.2) is 46.9 Å². The molecule has 1 fully saturated rings. The monoisotopic (exact) mass is 474 g/mol. The maximum Gasteiger partial charge on any atom is 0.604 e. The summed E-state index contributed by atoms with van der Waals surface area (Å²) in [6.07, 6.45) is 6.91. The molecule has 1 heterocycles. The van der Waals surface area contributed by atoms with Crippen molar-refractivity contribution >= 4 is 46.9 Å². The molecule has 0 saturated carbocycles. The average Bonchev–Trinajstić information content (AvgIpc) is 2.62. The minimum Gasteiger partial charge on any atom is -0.430 e. The molecule has 0 bridgehead atoms. The van der Waals surface area contributed by atoms with Crippen molar-refractivity contribution in [1.29, 1.82) is 0 Å². The molecule has 6 nitrogen and oxygen atoms in total. The SMILES string of the molecule is CCCC[Si](C)(C)OB1OB(O[Si](C)(C)CCCC)OB(O[Si](C)(C)CCCC)O1. The van der Waals surface area contributed by atoms with Gasteiger partial charge in [-0.2, -0.15) is 0 Å². The van der Waals surface area contributed by atoms with E-state index in [1.807, 2.05) is 0 Å². The number of hydrogen-bond donors (Lipinski definition) is 0. The summed E-state index contributed by atoms with van der Waals surface area (Å²) in [5.41, 5.74) is 0. The van der Waals surface area contributed by atoms with E-state index >= 15 is 0 Å². The zero-order valence-corrected chi connectivity index (χ0v) is 24.0. The Morgan fingerprint density at radius 3 is 0.933 bits per heavy atom. The lowest BCUT2D eigenvalue weighted by molar-refractivity contribution is 0.141. The van der Waals surface area contributed by atoms with E-state index in [0.29, 0.717) is 0 Å². The van der Waals surface area contributed by atoms with Crippen molar-refractivity contribution in [3.63, 3.8) is 0 Å². The largest absolute Gasteiger partial charge is 0.604 e. The Morgan fingerprint density at radius 2 is 0.733 bits per heavy atom. The highest BCUT2D eigenvalue weighted by atomic mass is 28.4. The van der Waals surface area contributed by atoms with E-state index < -0.39 is 46.9 Å². The third-order valence-electron chi connectivity index (χ3n) is 5.31. The summed E-state index contributed by atoms with van der Waals surface area (Å²) in [7, 11) is -8.19. The molecule has 0 amide bonds. The summed E-state index contributed by atoms with van der Waals surface area (Å²) in [6, 6.07) is 3.20. The lowest BCUT2D eigenvalue weighted by Crippen LogP contribution is -2.59. The standard InChI is InChI=1S/C18H45B3O6Si3/c1-10-13-16-28(4,5)25-19-22-20(26-29(6,7)17-14-11-2)24-21(23-19)27-30(8,9)18-15-12-3/h10-18H2,1-9H3. The van der Waals surface area contributed by atoms with Gasteiger partial charge in [0.05, 0.1) is 0 Å². The fourth-order valence-corrected chi connectivity index (χ4v) is 9.17. The van der Waals surface area contributed by atoms with Crippen LogP contribution in [0.2, 0.25) is 57.4 Å². The number of unbranched alkanes of at least 4 members (excludes halogenated alkanes) is 3. The summed E-state index contributed by atoms with van der Waals surface area (Å²) in [6.45, 7) is 19.8. The Kier molecular flexibility index (Phi) is 12.7. The fraction of sp³-hybridized carbons (Fsp3) is 1.00.